The van der Waals surface area contributed by atoms with Crippen molar-refractivity contribution in [3.05, 3.63) is 77.9 Å². The van der Waals surface area contributed by atoms with Crippen LogP contribution in [0.3, 0.4) is 0 Å². The van der Waals surface area contributed by atoms with Gasteiger partial charge in [0.25, 0.3) is 0 Å². The number of aromatic nitrogens is 2. The van der Waals surface area contributed by atoms with Crippen LogP contribution in [-0.2, 0) is 0 Å². The molecular formula is C17H10F2N2O2. The van der Waals surface area contributed by atoms with Gasteiger partial charge in [0.05, 0.1) is 11.3 Å². The van der Waals surface area contributed by atoms with E-state index in [9.17, 15) is 13.6 Å². The Hall–Kier alpha value is -3.15. The third kappa shape index (κ3) is 3.37. The second kappa shape index (κ2) is 6.31. The summed E-state index contributed by atoms with van der Waals surface area (Å²) in [4.78, 5) is 11.9. The molecule has 0 aliphatic carbocycles. The zero-order valence-electron chi connectivity index (χ0n) is 11.7. The van der Waals surface area contributed by atoms with Gasteiger partial charge in [0, 0.05) is 11.6 Å². The van der Waals surface area contributed by atoms with Crippen molar-refractivity contribution in [3.63, 3.8) is 0 Å². The van der Waals surface area contributed by atoms with Crippen LogP contribution in [0.1, 0.15) is 10.4 Å². The highest BCUT2D eigenvalue weighted by molar-refractivity contribution is 5.91. The van der Waals surface area contributed by atoms with Gasteiger partial charge in [-0.2, -0.15) is 0 Å². The summed E-state index contributed by atoms with van der Waals surface area (Å²) in [6.07, 6.45) is 0. The van der Waals surface area contributed by atoms with Crippen LogP contribution in [0, 0.1) is 11.6 Å². The third-order valence-electron chi connectivity index (χ3n) is 3.07. The van der Waals surface area contributed by atoms with E-state index in [1.165, 1.54) is 42.5 Å². The van der Waals surface area contributed by atoms with Crippen LogP contribution in [0.15, 0.2) is 60.7 Å². The molecule has 114 valence electrons. The quantitative estimate of drug-likeness (QED) is 0.693. The summed E-state index contributed by atoms with van der Waals surface area (Å²) in [6.45, 7) is 0. The number of ether oxygens (including phenoxy) is 1. The average Bonchev–Trinajstić information content (AvgIpc) is 2.57. The van der Waals surface area contributed by atoms with Crippen molar-refractivity contribution in [2.45, 2.75) is 0 Å². The molecule has 0 fully saturated rings. The average molecular weight is 312 g/mol. The number of carbonyl (C=O) groups excluding carboxylic acids is 1. The minimum absolute atomic E-state index is 0.0517. The van der Waals surface area contributed by atoms with Gasteiger partial charge < -0.3 is 4.74 Å². The molecule has 2 aromatic carbocycles. The maximum absolute atomic E-state index is 13.5. The minimum Gasteiger partial charge on any atom is -0.402 e. The molecule has 23 heavy (non-hydrogen) atoms. The van der Waals surface area contributed by atoms with E-state index in [0.29, 0.717) is 11.3 Å². The number of carbonyl (C=O) groups is 1. The summed E-state index contributed by atoms with van der Waals surface area (Å²) >= 11 is 0. The standard InChI is InChI=1S/C17H10F2N2O2/c18-12-7-5-11(6-8-12)15-9-10-16(21-20-15)23-17(22)13-3-1-2-4-14(13)19/h1-10H. The van der Waals surface area contributed by atoms with E-state index >= 15 is 0 Å². The predicted molar refractivity (Wildman–Crippen MR) is 78.8 cm³/mol. The number of rotatable bonds is 3. The lowest BCUT2D eigenvalue weighted by atomic mass is 10.1. The zero-order chi connectivity index (χ0) is 16.2. The van der Waals surface area contributed by atoms with Crippen LogP contribution in [-0.4, -0.2) is 16.2 Å². The molecule has 0 unspecified atom stereocenters. The van der Waals surface area contributed by atoms with E-state index in [1.54, 1.807) is 18.2 Å². The molecule has 0 N–H and O–H groups in total. The van der Waals surface area contributed by atoms with E-state index in [4.69, 9.17) is 4.74 Å². The molecule has 0 radical (unpaired) electrons. The molecule has 0 saturated heterocycles. The van der Waals surface area contributed by atoms with Gasteiger partial charge in [0.1, 0.15) is 11.6 Å². The number of hydrogen-bond donors (Lipinski definition) is 0. The fraction of sp³-hybridized carbons (Fsp3) is 0. The highest BCUT2D eigenvalue weighted by Gasteiger charge is 2.14. The summed E-state index contributed by atoms with van der Waals surface area (Å²) in [5, 5.41) is 7.67. The Morgan fingerprint density at radius 2 is 1.61 bits per heavy atom. The Kier molecular flexibility index (Phi) is 4.05. The van der Waals surface area contributed by atoms with Crippen molar-refractivity contribution in [3.8, 4) is 17.1 Å². The van der Waals surface area contributed by atoms with Crippen molar-refractivity contribution in [1.82, 2.24) is 10.2 Å². The van der Waals surface area contributed by atoms with Gasteiger partial charge in [-0.3, -0.25) is 0 Å². The molecule has 4 nitrogen and oxygen atoms in total. The Morgan fingerprint density at radius 1 is 0.870 bits per heavy atom. The molecule has 6 heteroatoms. The van der Waals surface area contributed by atoms with Crippen molar-refractivity contribution in [2.75, 3.05) is 0 Å². The maximum atomic E-state index is 13.5. The number of halogens is 2. The van der Waals surface area contributed by atoms with E-state index in [1.807, 2.05) is 0 Å². The smallest absolute Gasteiger partial charge is 0.347 e. The molecule has 3 rings (SSSR count). The normalized spacial score (nSPS) is 10.3. The van der Waals surface area contributed by atoms with Gasteiger partial charge in [-0.05, 0) is 42.5 Å². The molecule has 0 saturated carbocycles. The molecular weight excluding hydrogens is 302 g/mol. The van der Waals surface area contributed by atoms with Crippen molar-refractivity contribution in [1.29, 1.82) is 0 Å². The first-order valence-electron chi connectivity index (χ1n) is 6.70. The van der Waals surface area contributed by atoms with E-state index in [-0.39, 0.29) is 17.3 Å². The van der Waals surface area contributed by atoms with Crippen molar-refractivity contribution >= 4 is 5.97 Å². The molecule has 0 aliphatic heterocycles. The van der Waals surface area contributed by atoms with E-state index in [0.717, 1.165) is 0 Å². The van der Waals surface area contributed by atoms with Crippen LogP contribution < -0.4 is 4.74 Å². The minimum atomic E-state index is -0.855. The van der Waals surface area contributed by atoms with Gasteiger partial charge in [-0.1, -0.05) is 12.1 Å². The molecule has 0 amide bonds. The monoisotopic (exact) mass is 312 g/mol. The Labute approximate surface area is 130 Å². The molecule has 0 spiro atoms. The number of benzene rings is 2. The second-order valence-corrected chi connectivity index (χ2v) is 4.63. The molecule has 1 heterocycles. The lowest BCUT2D eigenvalue weighted by molar-refractivity contribution is 0.0721. The summed E-state index contributed by atoms with van der Waals surface area (Å²) < 4.78 is 31.4. The Morgan fingerprint density at radius 3 is 2.26 bits per heavy atom. The predicted octanol–water partition coefficient (Wildman–Crippen LogP) is 3.64. The van der Waals surface area contributed by atoms with Crippen molar-refractivity contribution < 1.29 is 18.3 Å². The highest BCUT2D eigenvalue weighted by atomic mass is 19.1. The van der Waals surface area contributed by atoms with Gasteiger partial charge in [-0.15, -0.1) is 10.2 Å². The van der Waals surface area contributed by atoms with Crippen LogP contribution >= 0.6 is 0 Å². The maximum Gasteiger partial charge on any atom is 0.347 e. The second-order valence-electron chi connectivity index (χ2n) is 4.63. The third-order valence-corrected chi connectivity index (χ3v) is 3.07. The van der Waals surface area contributed by atoms with Gasteiger partial charge in [0.15, 0.2) is 0 Å². The summed E-state index contributed by atoms with van der Waals surface area (Å²) in [5.74, 6) is -1.93. The summed E-state index contributed by atoms with van der Waals surface area (Å²) in [6, 6.07) is 14.2. The number of hydrogen-bond acceptors (Lipinski definition) is 4. The summed E-state index contributed by atoms with van der Waals surface area (Å²) in [5.41, 5.74) is 0.985. The van der Waals surface area contributed by atoms with Gasteiger partial charge >= 0.3 is 5.97 Å². The topological polar surface area (TPSA) is 52.1 Å². The van der Waals surface area contributed by atoms with Gasteiger partial charge in [0.2, 0.25) is 5.88 Å². The number of esters is 1. The Bertz CT molecular complexity index is 834. The lowest BCUT2D eigenvalue weighted by Gasteiger charge is -2.04. The van der Waals surface area contributed by atoms with Crippen molar-refractivity contribution in [2.24, 2.45) is 0 Å². The summed E-state index contributed by atoms with van der Waals surface area (Å²) in [7, 11) is 0. The Balaban J connectivity index is 1.76. The van der Waals surface area contributed by atoms with Crippen LogP contribution in [0.4, 0.5) is 8.78 Å². The lowest BCUT2D eigenvalue weighted by Crippen LogP contribution is -2.11. The fourth-order valence-corrected chi connectivity index (χ4v) is 1.93. The zero-order valence-corrected chi connectivity index (χ0v) is 11.7. The first kappa shape index (κ1) is 14.8. The van der Waals surface area contributed by atoms with Crippen LogP contribution in [0.5, 0.6) is 5.88 Å². The van der Waals surface area contributed by atoms with Crippen LogP contribution in [0.2, 0.25) is 0 Å². The largest absolute Gasteiger partial charge is 0.402 e. The molecule has 0 atom stereocenters. The molecule has 0 aliphatic rings. The number of nitrogens with zero attached hydrogens (tertiary/aromatic N) is 2. The van der Waals surface area contributed by atoms with Crippen LogP contribution in [0.25, 0.3) is 11.3 Å². The van der Waals surface area contributed by atoms with E-state index in [2.05, 4.69) is 10.2 Å². The first-order chi connectivity index (χ1) is 11.1. The first-order valence-corrected chi connectivity index (χ1v) is 6.70. The SMILES string of the molecule is O=C(Oc1ccc(-c2ccc(F)cc2)nn1)c1ccccc1F. The highest BCUT2D eigenvalue weighted by Crippen LogP contribution is 2.19. The van der Waals surface area contributed by atoms with E-state index < -0.39 is 11.8 Å². The molecule has 0 bridgehead atoms. The van der Waals surface area contributed by atoms with Gasteiger partial charge in [-0.25, -0.2) is 13.6 Å². The molecule has 1 aromatic heterocycles. The molecule has 3 aromatic rings. The fourth-order valence-electron chi connectivity index (χ4n) is 1.93.